The maximum Gasteiger partial charge on any atom is 0.336 e. The van der Waals surface area contributed by atoms with Crippen LogP contribution < -0.4 is 20.7 Å². The molecule has 0 saturated heterocycles. The Kier molecular flexibility index (Phi) is 3.73. The summed E-state index contributed by atoms with van der Waals surface area (Å²) >= 11 is 0. The predicted octanol–water partition coefficient (Wildman–Crippen LogP) is 4.90. The van der Waals surface area contributed by atoms with Gasteiger partial charge in [0.1, 0.15) is 22.7 Å². The van der Waals surface area contributed by atoms with Crippen LogP contribution in [0, 0.1) is 0 Å². The van der Waals surface area contributed by atoms with Crippen LogP contribution in [0.3, 0.4) is 0 Å². The Morgan fingerprint density at radius 1 is 0.588 bits per heavy atom. The molecule has 2 heterocycles. The first kappa shape index (κ1) is 19.2. The maximum absolute atomic E-state index is 12.4. The van der Waals surface area contributed by atoms with Crippen LogP contribution in [-0.4, -0.2) is 14.2 Å². The normalized spacial score (nSPS) is 17.4. The second-order valence-electron chi connectivity index (χ2n) is 8.61. The molecular weight excluding hydrogens is 432 g/mol. The first-order valence-corrected chi connectivity index (χ1v) is 11.0. The van der Waals surface area contributed by atoms with Gasteiger partial charge in [-0.15, -0.1) is 0 Å². The van der Waals surface area contributed by atoms with Gasteiger partial charge in [-0.05, 0) is 35.4 Å². The van der Waals surface area contributed by atoms with Crippen molar-refractivity contribution in [1.29, 1.82) is 0 Å². The molecule has 0 saturated carbocycles. The van der Waals surface area contributed by atoms with Crippen LogP contribution in [0.15, 0.2) is 79.1 Å². The molecule has 2 aromatic heterocycles. The van der Waals surface area contributed by atoms with Crippen LogP contribution in [0.4, 0.5) is 0 Å². The zero-order valence-corrected chi connectivity index (χ0v) is 18.4. The minimum atomic E-state index is -0.431. The molecule has 0 amide bonds. The third kappa shape index (κ3) is 2.25. The summed E-state index contributed by atoms with van der Waals surface area (Å²) in [5.41, 5.74) is 5.96. The summed E-state index contributed by atoms with van der Waals surface area (Å²) in [4.78, 5) is 24.8. The van der Waals surface area contributed by atoms with Crippen LogP contribution in [-0.2, 0) is 0 Å². The van der Waals surface area contributed by atoms with E-state index in [0.29, 0.717) is 11.2 Å². The van der Waals surface area contributed by atoms with Crippen molar-refractivity contribution in [2.45, 2.75) is 11.8 Å². The molecule has 0 N–H and O–H groups in total. The predicted molar refractivity (Wildman–Crippen MR) is 126 cm³/mol. The summed E-state index contributed by atoms with van der Waals surface area (Å²) in [5.74, 6) is 0.873. The second kappa shape index (κ2) is 6.60. The maximum atomic E-state index is 12.4. The first-order valence-electron chi connectivity index (χ1n) is 11.0. The average molecular weight is 450 g/mol. The minimum Gasteiger partial charge on any atom is -0.496 e. The van der Waals surface area contributed by atoms with Gasteiger partial charge in [-0.2, -0.15) is 0 Å². The molecule has 2 atom stereocenters. The zero-order chi connectivity index (χ0) is 23.1. The molecule has 166 valence electrons. The van der Waals surface area contributed by atoms with E-state index in [9.17, 15) is 9.59 Å². The van der Waals surface area contributed by atoms with E-state index in [1.807, 2.05) is 24.3 Å². The van der Waals surface area contributed by atoms with Gasteiger partial charge < -0.3 is 18.3 Å². The fourth-order valence-electron chi connectivity index (χ4n) is 5.97. The highest BCUT2D eigenvalue weighted by Crippen LogP contribution is 2.62. The summed E-state index contributed by atoms with van der Waals surface area (Å²) in [5, 5.41) is 1.45. The third-order valence-corrected chi connectivity index (χ3v) is 7.16. The molecule has 8 rings (SSSR count). The van der Waals surface area contributed by atoms with Crippen LogP contribution in [0.1, 0.15) is 45.2 Å². The lowest BCUT2D eigenvalue weighted by molar-refractivity contribution is 0.389. The number of rotatable bonds is 2. The lowest BCUT2D eigenvalue weighted by Crippen LogP contribution is -2.29. The van der Waals surface area contributed by atoms with Gasteiger partial charge >= 0.3 is 11.3 Å². The van der Waals surface area contributed by atoms with E-state index >= 15 is 0 Å². The van der Waals surface area contributed by atoms with Crippen LogP contribution >= 0.6 is 0 Å². The van der Waals surface area contributed by atoms with E-state index in [2.05, 4.69) is 12.1 Å². The molecule has 2 bridgehead atoms. The lowest BCUT2D eigenvalue weighted by atomic mass is 9.60. The average Bonchev–Trinajstić information content (AvgIpc) is 2.87. The molecule has 3 aromatic carbocycles. The quantitative estimate of drug-likeness (QED) is 0.275. The van der Waals surface area contributed by atoms with Gasteiger partial charge in [-0.3, -0.25) is 0 Å². The van der Waals surface area contributed by atoms with Crippen LogP contribution in [0.25, 0.3) is 21.9 Å². The first-order chi connectivity index (χ1) is 16.6. The smallest absolute Gasteiger partial charge is 0.336 e. The largest absolute Gasteiger partial charge is 0.496 e. The Hall–Kier alpha value is -4.32. The molecule has 2 unspecified atom stereocenters. The van der Waals surface area contributed by atoms with Crippen molar-refractivity contribution < 1.29 is 18.3 Å². The van der Waals surface area contributed by atoms with Crippen molar-refractivity contribution in [1.82, 2.24) is 0 Å². The number of methoxy groups -OCH3 is 2. The van der Waals surface area contributed by atoms with E-state index in [0.717, 1.165) is 55.7 Å². The highest BCUT2D eigenvalue weighted by molar-refractivity contribution is 6.08. The number of ether oxygens (including phenoxy) is 2. The number of hydrogen-bond acceptors (Lipinski definition) is 6. The fourth-order valence-corrected chi connectivity index (χ4v) is 5.97. The van der Waals surface area contributed by atoms with Crippen molar-refractivity contribution in [3.05, 3.63) is 115 Å². The number of benzene rings is 3. The van der Waals surface area contributed by atoms with E-state index in [1.54, 1.807) is 26.4 Å². The van der Waals surface area contributed by atoms with Gasteiger partial charge in [0, 0.05) is 57.0 Å². The van der Waals surface area contributed by atoms with Gasteiger partial charge in [-0.25, -0.2) is 9.59 Å². The molecule has 0 radical (unpaired) electrons. The standard InChI is InChI=1S/C28H18O6/c1-31-17-9-10-18(32-2)24-22-14-6-4-3-5-13(14)21(23(17)24)25-26(22)28-16(8-12-20(30)34-28)15-7-11-19(29)33-27(15)25/h3-12,21-22H,1-2H3. The molecule has 6 heteroatoms. The van der Waals surface area contributed by atoms with E-state index in [4.69, 9.17) is 18.3 Å². The second-order valence-corrected chi connectivity index (χ2v) is 8.61. The molecule has 6 nitrogen and oxygen atoms in total. The van der Waals surface area contributed by atoms with Crippen LogP contribution in [0.2, 0.25) is 0 Å². The number of fused-ring (bicyclic) bond motifs is 3. The summed E-state index contributed by atoms with van der Waals surface area (Å²) < 4.78 is 23.4. The summed E-state index contributed by atoms with van der Waals surface area (Å²) in [6.45, 7) is 0. The molecule has 5 aromatic rings. The lowest BCUT2D eigenvalue weighted by Gasteiger charge is -2.43. The van der Waals surface area contributed by atoms with Crippen molar-refractivity contribution >= 4 is 21.9 Å². The highest BCUT2D eigenvalue weighted by Gasteiger charge is 2.47. The molecule has 0 spiro atoms. The Balaban J connectivity index is 1.77. The van der Waals surface area contributed by atoms with Crippen LogP contribution in [0.5, 0.6) is 11.5 Å². The van der Waals surface area contributed by atoms with Gasteiger partial charge in [0.05, 0.1) is 14.2 Å². The third-order valence-electron chi connectivity index (χ3n) is 7.16. The van der Waals surface area contributed by atoms with Crippen molar-refractivity contribution in [2.24, 2.45) is 0 Å². The number of hydrogen-bond donors (Lipinski definition) is 0. The zero-order valence-electron chi connectivity index (χ0n) is 18.4. The molecule has 3 aliphatic carbocycles. The molecule has 0 fully saturated rings. The topological polar surface area (TPSA) is 78.9 Å². The van der Waals surface area contributed by atoms with Crippen molar-refractivity contribution in [2.75, 3.05) is 14.2 Å². The Bertz CT molecular complexity index is 1660. The summed E-state index contributed by atoms with van der Waals surface area (Å²) in [6, 6.07) is 18.3. The Morgan fingerprint density at radius 3 is 1.44 bits per heavy atom. The molecule has 3 aliphatic rings. The fraction of sp³-hybridized carbons (Fsp3) is 0.143. The monoisotopic (exact) mass is 450 g/mol. The Morgan fingerprint density at radius 2 is 1.03 bits per heavy atom. The van der Waals surface area contributed by atoms with Gasteiger partial charge in [0.15, 0.2) is 0 Å². The highest BCUT2D eigenvalue weighted by atomic mass is 16.5. The van der Waals surface area contributed by atoms with Crippen molar-refractivity contribution in [3.8, 4) is 11.5 Å². The summed E-state index contributed by atoms with van der Waals surface area (Å²) in [7, 11) is 3.30. The van der Waals surface area contributed by atoms with Gasteiger partial charge in [0.2, 0.25) is 0 Å². The van der Waals surface area contributed by atoms with Crippen molar-refractivity contribution in [3.63, 3.8) is 0 Å². The van der Waals surface area contributed by atoms with E-state index < -0.39 is 11.3 Å². The van der Waals surface area contributed by atoms with Gasteiger partial charge in [-0.1, -0.05) is 24.3 Å². The SMILES string of the molecule is COc1ccc(OC)c2c1C1c3ccccc3C2c2c1c1oc(=O)ccc1c1ccc(=O)oc21. The molecule has 34 heavy (non-hydrogen) atoms. The van der Waals surface area contributed by atoms with E-state index in [1.165, 1.54) is 12.1 Å². The Labute approximate surface area is 193 Å². The molecule has 0 aliphatic heterocycles. The molecular formula is C28H18O6. The minimum absolute atomic E-state index is 0.292. The van der Waals surface area contributed by atoms with Gasteiger partial charge in [0.25, 0.3) is 0 Å². The summed E-state index contributed by atoms with van der Waals surface area (Å²) in [6.07, 6.45) is 0. The van der Waals surface area contributed by atoms with E-state index in [-0.39, 0.29) is 11.8 Å².